The molecule has 0 spiro atoms. The van der Waals surface area contributed by atoms with E-state index in [9.17, 15) is 14.7 Å². The van der Waals surface area contributed by atoms with Crippen molar-refractivity contribution in [3.8, 4) is 0 Å². The van der Waals surface area contributed by atoms with Crippen molar-refractivity contribution in [2.75, 3.05) is 5.75 Å². The molecule has 3 N–H and O–H groups in total. The van der Waals surface area contributed by atoms with Crippen LogP contribution in [0.15, 0.2) is 23.7 Å². The number of nitrogens with two attached hydrogens (primary N) is 1. The molecule has 0 aromatic carbocycles. The van der Waals surface area contributed by atoms with Crippen LogP contribution in [0.4, 0.5) is 0 Å². The number of carboxylic acid groups (broad SMARTS) is 1. The van der Waals surface area contributed by atoms with Crippen LogP contribution in [-0.4, -0.2) is 48.6 Å². The molecule has 8 heteroatoms. The average Bonchev–Trinajstić information content (AvgIpc) is 2.82. The summed E-state index contributed by atoms with van der Waals surface area (Å²) < 4.78 is 1.86. The Kier molecular flexibility index (Phi) is 3.06. The number of carbonyl (C=O) groups is 2. The molecule has 2 aliphatic rings. The quantitative estimate of drug-likeness (QED) is 0.747. The number of aryl methyl sites for hydroxylation is 1. The summed E-state index contributed by atoms with van der Waals surface area (Å²) in [6, 6.07) is -0.592. The van der Waals surface area contributed by atoms with Crippen molar-refractivity contribution in [1.29, 1.82) is 0 Å². The Hall–Kier alpha value is -1.80. The van der Waals surface area contributed by atoms with E-state index in [0.29, 0.717) is 17.9 Å². The molecule has 0 saturated carbocycles. The van der Waals surface area contributed by atoms with Gasteiger partial charge >= 0.3 is 5.97 Å². The van der Waals surface area contributed by atoms with Gasteiger partial charge in [-0.15, -0.1) is 11.8 Å². The predicted octanol–water partition coefficient (Wildman–Crippen LogP) is -0.227. The van der Waals surface area contributed by atoms with E-state index in [0.717, 1.165) is 5.82 Å². The van der Waals surface area contributed by atoms with E-state index in [-0.39, 0.29) is 17.0 Å². The highest BCUT2D eigenvalue weighted by Gasteiger charge is 2.51. The van der Waals surface area contributed by atoms with Crippen LogP contribution in [0.1, 0.15) is 5.82 Å². The van der Waals surface area contributed by atoms with Crippen LogP contribution >= 0.6 is 11.8 Å². The first kappa shape index (κ1) is 13.2. The maximum absolute atomic E-state index is 11.8. The average molecular weight is 294 g/mol. The third-order valence-electron chi connectivity index (χ3n) is 3.58. The summed E-state index contributed by atoms with van der Waals surface area (Å²) in [5, 5.41) is 9.16. The number of thioether (sulfide) groups is 1. The van der Waals surface area contributed by atoms with E-state index < -0.39 is 12.0 Å². The molecule has 1 aromatic rings. The molecule has 3 heterocycles. The van der Waals surface area contributed by atoms with E-state index in [1.807, 2.05) is 11.5 Å². The molecule has 1 saturated heterocycles. The molecule has 20 heavy (non-hydrogen) atoms. The minimum absolute atomic E-state index is 0.0774. The molecule has 0 radical (unpaired) electrons. The number of hydrogen-bond acceptors (Lipinski definition) is 5. The molecule has 0 bridgehead atoms. The highest BCUT2D eigenvalue weighted by atomic mass is 32.2. The van der Waals surface area contributed by atoms with E-state index >= 15 is 0 Å². The number of rotatable bonds is 3. The summed E-state index contributed by atoms with van der Waals surface area (Å²) in [7, 11) is 0. The molecule has 1 unspecified atom stereocenters. The molecule has 2 aliphatic heterocycles. The van der Waals surface area contributed by atoms with E-state index in [1.165, 1.54) is 16.7 Å². The lowest BCUT2D eigenvalue weighted by atomic mass is 10.0. The number of fused-ring (bicyclic) bond motifs is 1. The SMILES string of the molecule is Cc1nccn1CC1=C(C(=O)O)N2C(=O)C(N)[C@H]2SC1. The molecule has 3 rings (SSSR count). The highest BCUT2D eigenvalue weighted by Crippen LogP contribution is 2.39. The second-order valence-electron chi connectivity index (χ2n) is 4.80. The van der Waals surface area contributed by atoms with Gasteiger partial charge in [0.2, 0.25) is 5.91 Å². The van der Waals surface area contributed by atoms with E-state index in [1.54, 1.807) is 12.4 Å². The van der Waals surface area contributed by atoms with Crippen molar-refractivity contribution in [3.63, 3.8) is 0 Å². The van der Waals surface area contributed by atoms with Gasteiger partial charge in [-0.05, 0) is 12.5 Å². The summed E-state index contributed by atoms with van der Waals surface area (Å²) in [6.45, 7) is 2.27. The lowest BCUT2D eigenvalue weighted by Crippen LogP contribution is -2.68. The van der Waals surface area contributed by atoms with Gasteiger partial charge in [-0.2, -0.15) is 0 Å². The Morgan fingerprint density at radius 2 is 2.40 bits per heavy atom. The van der Waals surface area contributed by atoms with Gasteiger partial charge in [0.05, 0.1) is 0 Å². The maximum atomic E-state index is 11.8. The number of carboxylic acids is 1. The molecule has 0 aliphatic carbocycles. The second-order valence-corrected chi connectivity index (χ2v) is 5.90. The summed E-state index contributed by atoms with van der Waals surface area (Å²) >= 11 is 1.51. The van der Waals surface area contributed by atoms with Crippen molar-refractivity contribution < 1.29 is 14.7 Å². The van der Waals surface area contributed by atoms with Gasteiger partial charge in [0, 0.05) is 24.7 Å². The number of aromatic nitrogens is 2. The second kappa shape index (κ2) is 4.64. The van der Waals surface area contributed by atoms with Gasteiger partial charge in [0.25, 0.3) is 0 Å². The van der Waals surface area contributed by atoms with Crippen molar-refractivity contribution >= 4 is 23.6 Å². The van der Waals surface area contributed by atoms with Crippen molar-refractivity contribution in [1.82, 2.24) is 14.5 Å². The molecule has 106 valence electrons. The van der Waals surface area contributed by atoms with Crippen molar-refractivity contribution in [2.24, 2.45) is 5.73 Å². The Morgan fingerprint density at radius 1 is 1.65 bits per heavy atom. The number of imidazole rings is 1. The summed E-state index contributed by atoms with van der Waals surface area (Å²) in [6.07, 6.45) is 3.46. The smallest absolute Gasteiger partial charge is 0.352 e. The van der Waals surface area contributed by atoms with Crippen LogP contribution in [0.3, 0.4) is 0 Å². The Balaban J connectivity index is 1.96. The Labute approximate surface area is 119 Å². The Bertz CT molecular complexity index is 624. The van der Waals surface area contributed by atoms with Crippen LogP contribution in [-0.2, 0) is 16.1 Å². The van der Waals surface area contributed by atoms with E-state index in [2.05, 4.69) is 4.98 Å². The fourth-order valence-electron chi connectivity index (χ4n) is 2.48. The van der Waals surface area contributed by atoms with Crippen LogP contribution in [0.2, 0.25) is 0 Å². The zero-order valence-corrected chi connectivity index (χ0v) is 11.6. The number of aliphatic carboxylic acids is 1. The summed E-state index contributed by atoms with van der Waals surface area (Å²) in [5.74, 6) is -0.0368. The zero-order chi connectivity index (χ0) is 14.4. The number of hydrogen-bond donors (Lipinski definition) is 2. The number of amides is 1. The van der Waals surface area contributed by atoms with Gasteiger partial charge in [-0.3, -0.25) is 9.69 Å². The van der Waals surface area contributed by atoms with Gasteiger partial charge in [0.1, 0.15) is 22.9 Å². The molecule has 2 atom stereocenters. The topological polar surface area (TPSA) is 101 Å². The highest BCUT2D eigenvalue weighted by molar-refractivity contribution is 8.00. The first-order valence-electron chi connectivity index (χ1n) is 6.14. The fourth-order valence-corrected chi connectivity index (χ4v) is 3.76. The maximum Gasteiger partial charge on any atom is 0.352 e. The molecular weight excluding hydrogens is 280 g/mol. The van der Waals surface area contributed by atoms with Crippen molar-refractivity contribution in [2.45, 2.75) is 24.9 Å². The number of carbonyl (C=O) groups excluding carboxylic acids is 1. The molecule has 1 aromatic heterocycles. The Morgan fingerprint density at radius 3 is 3.00 bits per heavy atom. The van der Waals surface area contributed by atoms with Gasteiger partial charge in [-0.1, -0.05) is 0 Å². The van der Waals surface area contributed by atoms with Crippen LogP contribution < -0.4 is 5.73 Å². The van der Waals surface area contributed by atoms with Crippen LogP contribution in [0, 0.1) is 6.92 Å². The number of β-lactam (4-membered cyclic amide) rings is 1. The van der Waals surface area contributed by atoms with E-state index in [4.69, 9.17) is 5.73 Å². The molecule has 1 fully saturated rings. The minimum Gasteiger partial charge on any atom is -0.477 e. The summed E-state index contributed by atoms with van der Waals surface area (Å²) in [5.41, 5.74) is 6.49. The fraction of sp³-hybridized carbons (Fsp3) is 0.417. The van der Waals surface area contributed by atoms with Crippen LogP contribution in [0.5, 0.6) is 0 Å². The first-order chi connectivity index (χ1) is 9.50. The zero-order valence-electron chi connectivity index (χ0n) is 10.8. The van der Waals surface area contributed by atoms with Crippen molar-refractivity contribution in [3.05, 3.63) is 29.5 Å². The first-order valence-corrected chi connectivity index (χ1v) is 7.19. The number of nitrogens with zero attached hydrogens (tertiary/aromatic N) is 3. The third-order valence-corrected chi connectivity index (χ3v) is 4.94. The largest absolute Gasteiger partial charge is 0.477 e. The van der Waals surface area contributed by atoms with Gasteiger partial charge < -0.3 is 15.4 Å². The molecular formula is C12H14N4O3S. The van der Waals surface area contributed by atoms with Gasteiger partial charge in [0.15, 0.2) is 0 Å². The molecule has 7 nitrogen and oxygen atoms in total. The standard InChI is InChI=1S/C12H14N4O3S/c1-6-14-2-3-15(6)4-7-5-20-11-8(13)10(17)16(11)9(7)12(18)19/h2-3,8,11H,4-5,13H2,1H3,(H,18,19)/t8?,11-/m1/s1. The third kappa shape index (κ3) is 1.83. The lowest BCUT2D eigenvalue weighted by Gasteiger charge is -2.48. The molecule has 1 amide bonds. The minimum atomic E-state index is -1.08. The normalized spacial score (nSPS) is 25.5. The summed E-state index contributed by atoms with van der Waals surface area (Å²) in [4.78, 5) is 28.7. The monoisotopic (exact) mass is 294 g/mol. The lowest BCUT2D eigenvalue weighted by molar-refractivity contribution is -0.148. The van der Waals surface area contributed by atoms with Gasteiger partial charge in [-0.25, -0.2) is 9.78 Å². The van der Waals surface area contributed by atoms with Crippen LogP contribution in [0.25, 0.3) is 0 Å². The predicted molar refractivity (Wildman–Crippen MR) is 72.7 cm³/mol.